The first-order chi connectivity index (χ1) is 71.1. The van der Waals surface area contributed by atoms with E-state index in [1.165, 1.54) is 18.3 Å². The number of fused-ring (bicyclic) bond motifs is 5. The number of H-pyrrole nitrogens is 6. The van der Waals surface area contributed by atoms with Gasteiger partial charge in [0, 0.05) is 74.1 Å². The van der Waals surface area contributed by atoms with Crippen molar-refractivity contribution in [3.8, 4) is 115 Å². The number of aromatic nitrogens is 13. The lowest BCUT2D eigenvalue weighted by molar-refractivity contribution is -0.214. The molecule has 25 atom stereocenters. The SMILES string of the molecule is Cc1cc(-c2cc(C#C[C@H]3O[C@H](CO)[C@@H](O)[C@H](O)[C@@H]3O)c3[nH]ncc3c2)cc(C)n1.Cc1cc(-c2cc(C#C[C@H]3O[C@H](CO)[C@@H](O)[C@H](O)[C@@H]3O)c3[nH]ncc3c2)ccn1.Cc1ccc(C)c(-c2cc(C#C[C@H]3O[C@H](CO)[C@@H](O)[C@H](O)[C@@H]3O)c3[nH]ncc3c2)c1.O=c1cc(-c2cc(C#C[C@H]3O[C@H](CO)[C@@H](O)[C@H](O)[C@@H]3O)c3[nH]ncc3c2)cc[nH]1.OC[C@H]1O[C@H](C#Cc2cc(-c3ccc(F)cc3F)cc3cn[nH]c23)[C@@H](O)[C@@H](O)[C@@H]1O. The number of pyridine rings is 3. The molecule has 8 aromatic heterocycles. The second-order valence-electron chi connectivity index (χ2n) is 36.1. The average Bonchev–Trinajstić information content (AvgIpc) is 1.53. The van der Waals surface area contributed by atoms with Crippen molar-refractivity contribution in [3.63, 3.8) is 0 Å². The number of hydrogen-bond acceptors (Lipinski definition) is 33. The zero-order valence-corrected chi connectivity index (χ0v) is 79.5. The van der Waals surface area contributed by atoms with E-state index in [0.717, 1.165) is 117 Å². The quantitative estimate of drug-likeness (QED) is 0.0861. The Labute approximate surface area is 840 Å². The van der Waals surface area contributed by atoms with Crippen molar-refractivity contribution < 1.29 is 135 Å². The Hall–Kier alpha value is -14.2. The number of nitrogens with zero attached hydrogens (tertiary/aromatic N) is 7. The van der Waals surface area contributed by atoms with Crippen molar-refractivity contribution in [2.24, 2.45) is 0 Å². The van der Waals surface area contributed by atoms with Crippen LogP contribution in [0.1, 0.15) is 56.0 Å². The minimum atomic E-state index is -1.54. The third-order valence-electron chi connectivity index (χ3n) is 25.7. The maximum atomic E-state index is 14.3. The lowest BCUT2D eigenvalue weighted by atomic mass is 9.94. The predicted octanol–water partition coefficient (Wildman–Crippen LogP) is 1.42. The number of benzene rings is 7. The van der Waals surface area contributed by atoms with E-state index in [0.29, 0.717) is 55.4 Å². The zero-order chi connectivity index (χ0) is 105. The van der Waals surface area contributed by atoms with Gasteiger partial charge in [0.1, 0.15) is 164 Å². The summed E-state index contributed by atoms with van der Waals surface area (Å²) in [6, 6.07) is 39.3. The van der Waals surface area contributed by atoms with Crippen LogP contribution in [0.15, 0.2) is 182 Å². The molecule has 0 unspecified atom stereocenters. The highest BCUT2D eigenvalue weighted by atomic mass is 19.1. The maximum Gasteiger partial charge on any atom is 0.248 e. The summed E-state index contributed by atoms with van der Waals surface area (Å²) in [5.41, 5.74) is 19.1. The summed E-state index contributed by atoms with van der Waals surface area (Å²) in [6.07, 6.45) is -20.6. The number of rotatable bonds is 10. The van der Waals surface area contributed by atoms with E-state index in [1.807, 2.05) is 101 Å². The minimum absolute atomic E-state index is 0.176. The zero-order valence-electron chi connectivity index (χ0n) is 79.5. The maximum absolute atomic E-state index is 14.3. The van der Waals surface area contributed by atoms with Crippen molar-refractivity contribution >= 4 is 54.5 Å². The lowest BCUT2D eigenvalue weighted by Gasteiger charge is -2.37. The summed E-state index contributed by atoms with van der Waals surface area (Å²) < 4.78 is 54.7. The van der Waals surface area contributed by atoms with Crippen LogP contribution >= 0.6 is 0 Å². The van der Waals surface area contributed by atoms with E-state index in [2.05, 4.69) is 143 Å². The highest BCUT2D eigenvalue weighted by Crippen LogP contribution is 2.37. The fraction of sp³-hybridized carbons (Fsp3) is 0.327. The molecule has 20 rings (SSSR count). The Morgan fingerprint density at radius 1 is 0.304 bits per heavy atom. The molecule has 0 saturated carbocycles. The molecule has 0 aliphatic carbocycles. The third-order valence-corrected chi connectivity index (χ3v) is 25.7. The van der Waals surface area contributed by atoms with Crippen LogP contribution in [0.2, 0.25) is 0 Å². The van der Waals surface area contributed by atoms with Gasteiger partial charge in [-0.15, -0.1) is 0 Å². The van der Waals surface area contributed by atoms with Crippen LogP contribution < -0.4 is 5.56 Å². The fourth-order valence-electron chi connectivity index (χ4n) is 17.6. The number of halogens is 2. The molecule has 41 heteroatoms. The van der Waals surface area contributed by atoms with Crippen molar-refractivity contribution in [2.75, 3.05) is 33.0 Å². The van der Waals surface area contributed by atoms with Gasteiger partial charge in [0.2, 0.25) is 5.56 Å². The van der Waals surface area contributed by atoms with Gasteiger partial charge in [0.15, 0.2) is 0 Å². The molecule has 7 aromatic carbocycles. The number of nitrogens with one attached hydrogen (secondary N) is 6. The summed E-state index contributed by atoms with van der Waals surface area (Å²) in [5, 5.41) is 235. The van der Waals surface area contributed by atoms with Gasteiger partial charge in [-0.1, -0.05) is 83.0 Å². The van der Waals surface area contributed by atoms with Gasteiger partial charge in [-0.3, -0.25) is 40.3 Å². The predicted molar refractivity (Wildman–Crippen MR) is 531 cm³/mol. The van der Waals surface area contributed by atoms with Crippen LogP contribution in [0.4, 0.5) is 8.78 Å². The van der Waals surface area contributed by atoms with Gasteiger partial charge in [-0.2, -0.15) is 25.5 Å². The molecule has 768 valence electrons. The van der Waals surface area contributed by atoms with E-state index in [1.54, 1.807) is 61.4 Å². The van der Waals surface area contributed by atoms with Gasteiger partial charge in [0.25, 0.3) is 0 Å². The summed E-state index contributed by atoms with van der Waals surface area (Å²) in [4.78, 5) is 22.8. The van der Waals surface area contributed by atoms with Crippen LogP contribution in [-0.2, 0) is 23.7 Å². The van der Waals surface area contributed by atoms with Crippen LogP contribution in [0, 0.1) is 105 Å². The van der Waals surface area contributed by atoms with Crippen molar-refractivity contribution in [1.29, 1.82) is 0 Å². The smallest absolute Gasteiger partial charge is 0.248 e. The topological polar surface area (TPSA) is 653 Å². The number of aliphatic hydroxyl groups is 20. The Kier molecular flexibility index (Phi) is 33.8. The van der Waals surface area contributed by atoms with E-state index in [4.69, 9.17) is 23.7 Å². The van der Waals surface area contributed by atoms with E-state index >= 15 is 0 Å². The van der Waals surface area contributed by atoms with Crippen molar-refractivity contribution in [2.45, 2.75) is 187 Å². The average molecular weight is 2030 g/mol. The van der Waals surface area contributed by atoms with Crippen LogP contribution in [0.3, 0.4) is 0 Å². The Balaban J connectivity index is 0.000000132. The first-order valence-corrected chi connectivity index (χ1v) is 46.7. The highest BCUT2D eigenvalue weighted by Gasteiger charge is 2.48. The van der Waals surface area contributed by atoms with Crippen LogP contribution in [0.5, 0.6) is 0 Å². The standard InChI is InChI=1S/C23H24N2O5.C22H23N3O5.C21H18F2N2O5.C21H21N3O5.C20H19N3O6/c1-12-3-4-13(2)17(7-12)15-8-14(20-16(9-15)10-24-25-20)5-6-18-21(27)23(29)22(28)19(11-26)30-18;1-11-5-14(6-12(2)24-11)15-7-13(19-16(8-15)9-23-25-19)3-4-17-20(27)22(29)21(28)18(10-26)30-17;22-13-2-3-14(15(23)7-13)11-5-10(18-12(6-11)8-24-25-18)1-4-16-19(27)21(29)20(28)17(9-26)30-16;1-11-6-12(4-5-22-11)14-7-13(18-15(8-14)9-23-24-18)2-3-16-19(26)21(28)20(27)17(10-25)29-16;24-9-15-19(27)20(28)18(26)14(29-15)2-1-11-5-12(6-13-8-22-23-17(11)13)10-3-4-21-16(25)7-10/h3-4,7-10,18-19,21-23,26-29H,11H2,1-2H3,(H,24,25);5-9,17-18,20-22,26-29H,10H2,1-2H3,(H,23,25);2-3,5-8,16-17,19-21,26-29H,9H2,(H,24,25);4-9,16-17,19-21,25-28H,10H2,1H3,(H,23,24);3-8,14-15,18-20,24,26-28H,9H2,(H,21,25)(H,22,23)/t18-,19-,21-,22-,23-;17-,18-,20-,21-,22-;2*16-,17-,19-,20-,21-;14-,15-,18-,19-,20-/m11111/s1. The highest BCUT2D eigenvalue weighted by molar-refractivity contribution is 5.94. The molecule has 5 saturated heterocycles. The Morgan fingerprint density at radius 3 is 0.919 bits per heavy atom. The number of hydrogen-bond donors (Lipinski definition) is 26. The molecule has 26 N–H and O–H groups in total. The number of aryl methyl sites for hydroxylation is 5. The molecule has 15 aromatic rings. The van der Waals surface area contributed by atoms with Gasteiger partial charge in [-0.25, -0.2) is 8.78 Å². The second kappa shape index (κ2) is 46.9. The van der Waals surface area contributed by atoms with Crippen molar-refractivity contribution in [3.05, 3.63) is 255 Å². The minimum Gasteiger partial charge on any atom is -0.394 e. The Morgan fingerprint density at radius 2 is 0.601 bits per heavy atom. The van der Waals surface area contributed by atoms with E-state index < -0.39 is 197 Å². The fourth-order valence-corrected chi connectivity index (χ4v) is 17.6. The number of aliphatic hydroxyl groups excluding tert-OH is 20. The van der Waals surface area contributed by atoms with Crippen LogP contribution in [0.25, 0.3) is 110 Å². The molecule has 0 amide bonds. The molecule has 0 bridgehead atoms. The normalized spacial score (nSPS) is 26.6. The van der Waals surface area contributed by atoms with E-state index in [-0.39, 0.29) is 11.1 Å². The van der Waals surface area contributed by atoms with Crippen molar-refractivity contribution in [1.82, 2.24) is 65.9 Å². The first kappa shape index (κ1) is 107. The lowest BCUT2D eigenvalue weighted by Crippen LogP contribution is -2.58. The largest absolute Gasteiger partial charge is 0.394 e. The van der Waals surface area contributed by atoms with Gasteiger partial charge < -0.3 is 131 Å². The van der Waals surface area contributed by atoms with Gasteiger partial charge in [0.05, 0.1) is 119 Å². The third kappa shape index (κ3) is 23.6. The summed E-state index contributed by atoms with van der Waals surface area (Å²) >= 11 is 0. The van der Waals surface area contributed by atoms with E-state index in [9.17, 15) is 116 Å². The molecule has 5 aliphatic rings. The summed E-state index contributed by atoms with van der Waals surface area (Å²) in [5.74, 6) is 27.2. The monoisotopic (exact) mass is 2030 g/mol. The number of ether oxygens (including phenoxy) is 5. The Bertz CT molecular complexity index is 7680. The molecule has 0 radical (unpaired) electrons. The summed E-state index contributed by atoms with van der Waals surface area (Å²) in [6.45, 7) is 7.32. The molecule has 5 aliphatic heterocycles. The molecule has 39 nitrogen and oxygen atoms in total. The van der Waals surface area contributed by atoms with Gasteiger partial charge >= 0.3 is 0 Å². The second-order valence-corrected chi connectivity index (χ2v) is 36.1. The molecule has 0 spiro atoms. The molecular formula is C107H105F2N13O26. The number of aromatic amines is 6. The summed E-state index contributed by atoms with van der Waals surface area (Å²) in [7, 11) is 0. The molecule has 13 heterocycles. The molecule has 148 heavy (non-hydrogen) atoms. The first-order valence-electron chi connectivity index (χ1n) is 46.7. The molecular weight excluding hydrogens is 1920 g/mol. The molecule has 5 fully saturated rings. The van der Waals surface area contributed by atoms with Crippen LogP contribution in [-0.4, -0.2) is 354 Å². The van der Waals surface area contributed by atoms with Gasteiger partial charge in [-0.05, 0) is 193 Å².